The average molecular weight is 416 g/mol. The van der Waals surface area contributed by atoms with Gasteiger partial charge in [0.05, 0.1) is 0 Å². The van der Waals surface area contributed by atoms with Gasteiger partial charge in [0.15, 0.2) is 0 Å². The van der Waals surface area contributed by atoms with Crippen LogP contribution < -0.4 is 15.4 Å². The first-order valence-corrected chi connectivity index (χ1v) is 13.8. The summed E-state index contributed by atoms with van der Waals surface area (Å²) in [7, 11) is -2.30. The standard InChI is InChI=1S/C28H37NSi/c1-28(2,3)22-23-14-13-21-27(23)30(25-17-9-5-10-18-25,26-19-11-6-12-20-26)29-24-15-7-4-8-16-24/h5-6,9-14,17-20,24,29H,4,7-8,15-16,21-22H2,1-3H3. The normalized spacial score (nSPS) is 18.2. The van der Waals surface area contributed by atoms with Crippen LogP contribution in [0.5, 0.6) is 0 Å². The minimum atomic E-state index is -2.30. The van der Waals surface area contributed by atoms with Gasteiger partial charge in [-0.3, -0.25) is 0 Å². The fourth-order valence-corrected chi connectivity index (χ4v) is 10.3. The van der Waals surface area contributed by atoms with Crippen LogP contribution in [0.2, 0.25) is 0 Å². The monoisotopic (exact) mass is 415 g/mol. The molecule has 158 valence electrons. The van der Waals surface area contributed by atoms with Gasteiger partial charge in [-0.2, -0.15) is 0 Å². The Bertz CT molecular complexity index is 844. The van der Waals surface area contributed by atoms with Crippen LogP contribution in [-0.2, 0) is 0 Å². The zero-order valence-electron chi connectivity index (χ0n) is 19.0. The molecule has 0 aromatic heterocycles. The largest absolute Gasteiger partial charge is 0.324 e. The third-order valence-corrected chi connectivity index (χ3v) is 11.3. The minimum Gasteiger partial charge on any atom is -0.324 e. The Morgan fingerprint density at radius 1 is 0.833 bits per heavy atom. The highest BCUT2D eigenvalue weighted by Gasteiger charge is 2.44. The van der Waals surface area contributed by atoms with Crippen LogP contribution in [0, 0.1) is 5.41 Å². The molecule has 0 amide bonds. The van der Waals surface area contributed by atoms with Crippen LogP contribution in [0.4, 0.5) is 0 Å². The summed E-state index contributed by atoms with van der Waals surface area (Å²) in [6.07, 6.45) is 13.8. The summed E-state index contributed by atoms with van der Waals surface area (Å²) in [5.41, 5.74) is 1.86. The van der Waals surface area contributed by atoms with Gasteiger partial charge in [-0.05, 0) is 41.5 Å². The molecule has 4 rings (SSSR count). The maximum Gasteiger partial charge on any atom is 0.219 e. The topological polar surface area (TPSA) is 12.0 Å². The molecule has 30 heavy (non-hydrogen) atoms. The van der Waals surface area contributed by atoms with Crippen molar-refractivity contribution in [2.75, 3.05) is 0 Å². The number of nitrogens with one attached hydrogen (secondary N) is 1. The average Bonchev–Trinajstić information content (AvgIpc) is 3.21. The lowest BCUT2D eigenvalue weighted by atomic mass is 9.88. The summed E-state index contributed by atoms with van der Waals surface area (Å²) in [4.78, 5) is 4.40. The summed E-state index contributed by atoms with van der Waals surface area (Å²) in [6, 6.07) is 23.4. The molecule has 0 saturated heterocycles. The molecular formula is C28H37NSi. The quantitative estimate of drug-likeness (QED) is 0.579. The van der Waals surface area contributed by atoms with Crippen molar-refractivity contribution in [1.29, 1.82) is 0 Å². The lowest BCUT2D eigenvalue weighted by molar-refractivity contribution is 0.411. The molecule has 0 bridgehead atoms. The van der Waals surface area contributed by atoms with E-state index in [0.29, 0.717) is 6.04 Å². The SMILES string of the molecule is CC(C)(C)CC1=C([Si](NC2CCCCC2)(c2ccccc2)c2ccccc2)CC=C1. The molecule has 2 heteroatoms. The van der Waals surface area contributed by atoms with Gasteiger partial charge in [0, 0.05) is 6.04 Å². The van der Waals surface area contributed by atoms with Gasteiger partial charge in [-0.1, -0.05) is 124 Å². The van der Waals surface area contributed by atoms with Gasteiger partial charge in [-0.15, -0.1) is 0 Å². The second-order valence-corrected chi connectivity index (χ2v) is 13.9. The Labute approximate surface area is 184 Å². The van der Waals surface area contributed by atoms with Crippen molar-refractivity contribution in [2.24, 2.45) is 5.41 Å². The molecule has 1 N–H and O–H groups in total. The van der Waals surface area contributed by atoms with E-state index in [1.54, 1.807) is 10.8 Å². The van der Waals surface area contributed by atoms with Crippen LogP contribution in [0.25, 0.3) is 0 Å². The number of hydrogen-bond donors (Lipinski definition) is 1. The van der Waals surface area contributed by atoms with Crippen molar-refractivity contribution in [3.63, 3.8) is 0 Å². The van der Waals surface area contributed by atoms with Gasteiger partial charge >= 0.3 is 0 Å². The van der Waals surface area contributed by atoms with E-state index in [2.05, 4.69) is 98.6 Å². The van der Waals surface area contributed by atoms with Gasteiger partial charge in [-0.25, -0.2) is 0 Å². The summed E-state index contributed by atoms with van der Waals surface area (Å²) in [5.74, 6) is 0. The molecule has 0 atom stereocenters. The molecule has 0 heterocycles. The molecule has 1 fully saturated rings. The zero-order chi connectivity index (χ0) is 21.0. The molecular weight excluding hydrogens is 378 g/mol. The zero-order valence-corrected chi connectivity index (χ0v) is 20.0. The van der Waals surface area contributed by atoms with Gasteiger partial charge in [0.2, 0.25) is 8.24 Å². The molecule has 0 radical (unpaired) electrons. The molecule has 0 aliphatic heterocycles. The van der Waals surface area contributed by atoms with Crippen molar-refractivity contribution in [1.82, 2.24) is 4.98 Å². The predicted molar refractivity (Wildman–Crippen MR) is 133 cm³/mol. The Morgan fingerprint density at radius 2 is 1.40 bits per heavy atom. The lowest BCUT2D eigenvalue weighted by Crippen LogP contribution is -2.72. The number of benzene rings is 2. The Balaban J connectivity index is 1.91. The molecule has 1 nitrogen and oxygen atoms in total. The summed E-state index contributed by atoms with van der Waals surface area (Å²) in [6.45, 7) is 7.10. The first kappa shape index (κ1) is 21.3. The van der Waals surface area contributed by atoms with E-state index in [1.807, 2.05) is 0 Å². The second-order valence-electron chi connectivity index (χ2n) is 10.3. The van der Waals surface area contributed by atoms with E-state index in [9.17, 15) is 0 Å². The Hall–Kier alpha value is -1.90. The minimum absolute atomic E-state index is 0.285. The van der Waals surface area contributed by atoms with E-state index < -0.39 is 8.24 Å². The summed E-state index contributed by atoms with van der Waals surface area (Å²) in [5, 5.41) is 4.69. The summed E-state index contributed by atoms with van der Waals surface area (Å²) < 4.78 is 0. The highest BCUT2D eigenvalue weighted by Crippen LogP contribution is 2.35. The van der Waals surface area contributed by atoms with Crippen LogP contribution >= 0.6 is 0 Å². The fraction of sp³-hybridized carbons (Fsp3) is 0.429. The summed E-state index contributed by atoms with van der Waals surface area (Å²) >= 11 is 0. The third-order valence-electron chi connectivity index (χ3n) is 6.64. The molecule has 2 aliphatic rings. The highest BCUT2D eigenvalue weighted by atomic mass is 28.3. The van der Waals surface area contributed by atoms with E-state index in [0.717, 1.165) is 12.8 Å². The number of allylic oxidation sites excluding steroid dienone is 4. The van der Waals surface area contributed by atoms with Crippen molar-refractivity contribution in [3.8, 4) is 0 Å². The van der Waals surface area contributed by atoms with Crippen molar-refractivity contribution < 1.29 is 0 Å². The van der Waals surface area contributed by atoms with Crippen LogP contribution in [-0.4, -0.2) is 14.3 Å². The van der Waals surface area contributed by atoms with Crippen LogP contribution in [0.3, 0.4) is 0 Å². The third kappa shape index (κ3) is 4.55. The fourth-order valence-electron chi connectivity index (χ4n) is 5.38. The first-order valence-electron chi connectivity index (χ1n) is 11.8. The van der Waals surface area contributed by atoms with Crippen molar-refractivity contribution in [3.05, 3.63) is 83.6 Å². The number of hydrogen-bond acceptors (Lipinski definition) is 1. The Kier molecular flexibility index (Phi) is 6.45. The van der Waals surface area contributed by atoms with Crippen molar-refractivity contribution >= 4 is 18.6 Å². The van der Waals surface area contributed by atoms with E-state index in [-0.39, 0.29) is 5.41 Å². The second kappa shape index (κ2) is 9.07. The smallest absolute Gasteiger partial charge is 0.219 e. The van der Waals surface area contributed by atoms with Crippen LogP contribution in [0.1, 0.15) is 65.7 Å². The van der Waals surface area contributed by atoms with Gasteiger partial charge < -0.3 is 4.98 Å². The van der Waals surface area contributed by atoms with Crippen molar-refractivity contribution in [2.45, 2.75) is 71.8 Å². The molecule has 2 aromatic carbocycles. The lowest BCUT2D eigenvalue weighted by Gasteiger charge is -2.41. The molecule has 0 spiro atoms. The Morgan fingerprint density at radius 3 is 1.93 bits per heavy atom. The predicted octanol–water partition coefficient (Wildman–Crippen LogP) is 5.90. The van der Waals surface area contributed by atoms with E-state index in [4.69, 9.17) is 0 Å². The van der Waals surface area contributed by atoms with Gasteiger partial charge in [0.25, 0.3) is 0 Å². The molecule has 0 unspecified atom stereocenters. The number of rotatable bonds is 6. The highest BCUT2D eigenvalue weighted by molar-refractivity contribution is 7.05. The maximum absolute atomic E-state index is 4.40. The van der Waals surface area contributed by atoms with E-state index in [1.165, 1.54) is 42.5 Å². The van der Waals surface area contributed by atoms with Crippen LogP contribution in [0.15, 0.2) is 83.6 Å². The molecule has 1 saturated carbocycles. The van der Waals surface area contributed by atoms with Gasteiger partial charge in [0.1, 0.15) is 0 Å². The first-order chi connectivity index (χ1) is 14.5. The molecule has 2 aromatic rings. The van der Waals surface area contributed by atoms with E-state index >= 15 is 0 Å². The maximum atomic E-state index is 4.40. The molecule has 2 aliphatic carbocycles.